The summed E-state index contributed by atoms with van der Waals surface area (Å²) in [4.78, 5) is 19.1. The average molecular weight is 493 g/mol. The lowest BCUT2D eigenvalue weighted by Gasteiger charge is -2.12. The maximum atomic E-state index is 13.2. The normalized spacial score (nSPS) is 12.9. The van der Waals surface area contributed by atoms with Crippen LogP contribution in [0.5, 0.6) is 5.75 Å². The predicted octanol–water partition coefficient (Wildman–Crippen LogP) is 6.40. The summed E-state index contributed by atoms with van der Waals surface area (Å²) in [6.07, 6.45) is 11.2. The van der Waals surface area contributed by atoms with Crippen LogP contribution in [0, 0.1) is 12.3 Å². The molecule has 1 aliphatic rings. The molecule has 0 fully saturated rings. The number of anilines is 1. The van der Waals surface area contributed by atoms with Gasteiger partial charge in [-0.1, -0.05) is 24.1 Å². The van der Waals surface area contributed by atoms with E-state index in [1.807, 2.05) is 48.5 Å². The van der Waals surface area contributed by atoms with E-state index in [0.717, 1.165) is 52.0 Å². The van der Waals surface area contributed by atoms with Gasteiger partial charge >= 0.3 is 0 Å². The Labute approximate surface area is 194 Å². The van der Waals surface area contributed by atoms with Crippen molar-refractivity contribution >= 4 is 50.1 Å². The molecule has 0 aliphatic heterocycles. The molecule has 0 radical (unpaired) electrons. The van der Waals surface area contributed by atoms with Crippen molar-refractivity contribution in [2.75, 3.05) is 11.9 Å². The third-order valence-corrected chi connectivity index (χ3v) is 6.83. The average Bonchev–Trinajstić information content (AvgIpc) is 3.16. The first-order valence-electron chi connectivity index (χ1n) is 10.1. The number of carbonyl (C=O) groups excluding carboxylic acids is 1. The quantitative estimate of drug-likeness (QED) is 0.319. The molecule has 31 heavy (non-hydrogen) atoms. The van der Waals surface area contributed by atoms with E-state index in [9.17, 15) is 4.79 Å². The molecule has 1 heterocycles. The van der Waals surface area contributed by atoms with Crippen molar-refractivity contribution in [2.24, 2.45) is 4.99 Å². The minimum absolute atomic E-state index is 0.100. The minimum atomic E-state index is -0.100. The molecule has 0 saturated heterocycles. The molecule has 1 N–H and O–H groups in total. The predicted molar refractivity (Wildman–Crippen MR) is 131 cm³/mol. The molecule has 4 nitrogen and oxygen atoms in total. The number of benzene rings is 2. The van der Waals surface area contributed by atoms with Gasteiger partial charge in [-0.25, -0.2) is 4.99 Å². The highest BCUT2D eigenvalue weighted by atomic mass is 79.9. The summed E-state index contributed by atoms with van der Waals surface area (Å²) in [6.45, 7) is 0.215. The maximum absolute atomic E-state index is 13.2. The fourth-order valence-corrected chi connectivity index (χ4v) is 5.30. The van der Waals surface area contributed by atoms with E-state index in [1.165, 1.54) is 4.88 Å². The minimum Gasteiger partial charge on any atom is -0.480 e. The second kappa shape index (κ2) is 9.95. The summed E-state index contributed by atoms with van der Waals surface area (Å²) >= 11 is 5.13. The Morgan fingerprint density at radius 1 is 1.23 bits per heavy atom. The van der Waals surface area contributed by atoms with Gasteiger partial charge in [0.1, 0.15) is 17.4 Å². The zero-order valence-electron chi connectivity index (χ0n) is 16.9. The van der Waals surface area contributed by atoms with E-state index < -0.39 is 0 Å². The van der Waals surface area contributed by atoms with E-state index in [2.05, 4.69) is 27.2 Å². The fraction of sp³-hybridized carbons (Fsp3) is 0.200. The molecular formula is C25H21BrN2O2S. The lowest BCUT2D eigenvalue weighted by atomic mass is 9.95. The Bertz CT molecular complexity index is 1160. The van der Waals surface area contributed by atoms with E-state index in [1.54, 1.807) is 17.6 Å². The number of nitrogens with one attached hydrogen (secondary N) is 1. The molecule has 1 aromatic heterocycles. The van der Waals surface area contributed by atoms with Gasteiger partial charge < -0.3 is 10.1 Å². The van der Waals surface area contributed by atoms with Crippen LogP contribution in [0.3, 0.4) is 0 Å². The Balaban J connectivity index is 1.62. The SMILES string of the molecule is C#CCOc1ccc(C=Nc2sc3c(c2C(=O)Nc2ccccc2)CCCC3)cc1Br. The number of fused-ring (bicyclic) bond motifs is 1. The van der Waals surface area contributed by atoms with Crippen LogP contribution in [-0.2, 0) is 12.8 Å². The van der Waals surface area contributed by atoms with E-state index in [-0.39, 0.29) is 12.5 Å². The molecule has 0 spiro atoms. The number of terminal acetylenes is 1. The Morgan fingerprint density at radius 3 is 2.81 bits per heavy atom. The van der Waals surface area contributed by atoms with Crippen molar-refractivity contribution in [3.8, 4) is 18.1 Å². The van der Waals surface area contributed by atoms with Crippen LogP contribution in [0.4, 0.5) is 10.7 Å². The summed E-state index contributed by atoms with van der Waals surface area (Å²) < 4.78 is 6.29. The van der Waals surface area contributed by atoms with E-state index in [4.69, 9.17) is 16.2 Å². The van der Waals surface area contributed by atoms with Crippen LogP contribution in [-0.4, -0.2) is 18.7 Å². The van der Waals surface area contributed by atoms with Gasteiger partial charge in [-0.2, -0.15) is 0 Å². The number of para-hydroxylation sites is 1. The molecule has 0 unspecified atom stereocenters. The smallest absolute Gasteiger partial charge is 0.259 e. The number of thiophene rings is 1. The molecule has 0 bridgehead atoms. The zero-order valence-corrected chi connectivity index (χ0v) is 19.3. The summed E-state index contributed by atoms with van der Waals surface area (Å²) in [5, 5.41) is 3.78. The summed E-state index contributed by atoms with van der Waals surface area (Å²) in [6, 6.07) is 15.2. The largest absolute Gasteiger partial charge is 0.480 e. The second-order valence-corrected chi connectivity index (χ2v) is 9.09. The fourth-order valence-electron chi connectivity index (χ4n) is 3.56. The molecule has 6 heteroatoms. The molecule has 2 aromatic carbocycles. The third-order valence-electron chi connectivity index (χ3n) is 5.01. The van der Waals surface area contributed by atoms with E-state index >= 15 is 0 Å². The molecule has 4 rings (SSSR count). The standard InChI is InChI=1S/C25H21BrN2O2S/c1-2-14-30-21-13-12-17(15-20(21)26)16-27-25-23(19-10-6-7-11-22(19)31-25)24(29)28-18-8-4-3-5-9-18/h1,3-5,8-9,12-13,15-16H,6-7,10-11,14H2,(H,28,29). The summed E-state index contributed by atoms with van der Waals surface area (Å²) in [5.74, 6) is 3.04. The lowest BCUT2D eigenvalue weighted by molar-refractivity contribution is 0.102. The van der Waals surface area contributed by atoms with Crippen molar-refractivity contribution in [1.82, 2.24) is 0 Å². The van der Waals surface area contributed by atoms with Gasteiger partial charge in [-0.15, -0.1) is 17.8 Å². The third kappa shape index (κ3) is 5.07. The van der Waals surface area contributed by atoms with Gasteiger partial charge in [0.15, 0.2) is 0 Å². The van der Waals surface area contributed by atoms with Gasteiger partial charge in [-0.05, 0) is 83.1 Å². The Morgan fingerprint density at radius 2 is 2.03 bits per heavy atom. The van der Waals surface area contributed by atoms with Crippen molar-refractivity contribution in [2.45, 2.75) is 25.7 Å². The number of aliphatic imine (C=N–C) groups is 1. The zero-order chi connectivity index (χ0) is 21.6. The second-order valence-electron chi connectivity index (χ2n) is 7.15. The van der Waals surface area contributed by atoms with Crippen molar-refractivity contribution in [3.63, 3.8) is 0 Å². The van der Waals surface area contributed by atoms with Crippen LogP contribution in [0.2, 0.25) is 0 Å². The van der Waals surface area contributed by atoms with E-state index in [0.29, 0.717) is 11.3 Å². The summed E-state index contributed by atoms with van der Waals surface area (Å²) in [7, 11) is 0. The number of ether oxygens (including phenoxy) is 1. The number of hydrogen-bond acceptors (Lipinski definition) is 4. The van der Waals surface area contributed by atoms with Crippen molar-refractivity contribution in [1.29, 1.82) is 0 Å². The Kier molecular flexibility index (Phi) is 6.86. The monoisotopic (exact) mass is 492 g/mol. The number of nitrogens with zero attached hydrogens (tertiary/aromatic N) is 1. The highest BCUT2D eigenvalue weighted by Gasteiger charge is 2.25. The molecular weight excluding hydrogens is 472 g/mol. The first-order chi connectivity index (χ1) is 15.2. The summed E-state index contributed by atoms with van der Waals surface area (Å²) in [5.41, 5.74) is 3.54. The highest BCUT2D eigenvalue weighted by Crippen LogP contribution is 2.40. The number of aryl methyl sites for hydroxylation is 1. The number of rotatable bonds is 6. The van der Waals surface area contributed by atoms with Crippen LogP contribution in [0.1, 0.15) is 39.2 Å². The first-order valence-corrected chi connectivity index (χ1v) is 11.7. The first kappa shape index (κ1) is 21.4. The maximum Gasteiger partial charge on any atom is 0.259 e. The van der Waals surface area contributed by atoms with Crippen LogP contribution >= 0.6 is 27.3 Å². The van der Waals surface area contributed by atoms with Crippen LogP contribution in [0.25, 0.3) is 0 Å². The number of amides is 1. The molecule has 3 aromatic rings. The number of halogens is 1. The van der Waals surface area contributed by atoms with Gasteiger partial charge in [0.25, 0.3) is 5.91 Å². The van der Waals surface area contributed by atoms with Gasteiger partial charge in [-0.3, -0.25) is 4.79 Å². The number of carbonyl (C=O) groups is 1. The Hall–Kier alpha value is -2.88. The topological polar surface area (TPSA) is 50.7 Å². The van der Waals surface area contributed by atoms with Crippen molar-refractivity contribution < 1.29 is 9.53 Å². The van der Waals surface area contributed by atoms with Gasteiger partial charge in [0.05, 0.1) is 10.0 Å². The van der Waals surface area contributed by atoms with Crippen molar-refractivity contribution in [3.05, 3.63) is 74.6 Å². The molecule has 1 amide bonds. The molecule has 156 valence electrons. The lowest BCUT2D eigenvalue weighted by Crippen LogP contribution is -2.14. The van der Waals surface area contributed by atoms with Crippen LogP contribution in [0.15, 0.2) is 58.0 Å². The molecule has 1 aliphatic carbocycles. The van der Waals surface area contributed by atoms with Gasteiger partial charge in [0.2, 0.25) is 0 Å². The number of hydrogen-bond donors (Lipinski definition) is 1. The van der Waals surface area contributed by atoms with Gasteiger partial charge in [0, 0.05) is 16.8 Å². The molecule has 0 saturated carbocycles. The highest BCUT2D eigenvalue weighted by molar-refractivity contribution is 9.10. The molecule has 0 atom stereocenters. The van der Waals surface area contributed by atoms with Crippen LogP contribution < -0.4 is 10.1 Å².